The van der Waals surface area contributed by atoms with Gasteiger partial charge in [-0.2, -0.15) is 0 Å². The number of nitrogens with one attached hydrogen (secondary N) is 1. The van der Waals surface area contributed by atoms with Crippen LogP contribution < -0.4 is 11.1 Å². The van der Waals surface area contributed by atoms with Gasteiger partial charge in [-0.25, -0.2) is 0 Å². The largest absolute Gasteiger partial charge is 0.397 e. The van der Waals surface area contributed by atoms with Crippen LogP contribution in [0, 0.1) is 0 Å². The molecule has 0 aliphatic carbocycles. The molecule has 3 N–H and O–H groups in total. The highest BCUT2D eigenvalue weighted by molar-refractivity contribution is 5.42. The first kappa shape index (κ1) is 6.61. The molecule has 0 spiro atoms. The monoisotopic (exact) mass is 149 g/mol. The van der Waals surface area contributed by atoms with Crippen LogP contribution in [0.1, 0.15) is 24.2 Å². The molecular formula is C8H11N3. The summed E-state index contributed by atoms with van der Waals surface area (Å²) in [6.07, 6.45) is 1.71. The van der Waals surface area contributed by atoms with Crippen molar-refractivity contribution in [2.45, 2.75) is 19.5 Å². The van der Waals surface area contributed by atoms with E-state index in [4.69, 9.17) is 5.73 Å². The summed E-state index contributed by atoms with van der Waals surface area (Å²) in [6, 6.07) is 2.37. The van der Waals surface area contributed by atoms with Gasteiger partial charge in [0.2, 0.25) is 0 Å². The van der Waals surface area contributed by atoms with Crippen molar-refractivity contribution in [3.05, 3.63) is 23.5 Å². The van der Waals surface area contributed by atoms with E-state index in [0.29, 0.717) is 6.04 Å². The number of aromatic nitrogens is 1. The quantitative estimate of drug-likeness (QED) is 0.574. The molecule has 1 atom stereocenters. The molecule has 11 heavy (non-hydrogen) atoms. The fraction of sp³-hybridized carbons (Fsp3) is 0.375. The number of nitrogens with zero attached hydrogens (tertiary/aromatic N) is 1. The van der Waals surface area contributed by atoms with Crippen LogP contribution in [0.3, 0.4) is 0 Å². The molecule has 0 radical (unpaired) electrons. The Morgan fingerprint density at radius 2 is 2.55 bits per heavy atom. The van der Waals surface area contributed by atoms with Gasteiger partial charge in [-0.05, 0) is 18.6 Å². The molecule has 0 fully saturated rings. The summed E-state index contributed by atoms with van der Waals surface area (Å²) in [5, 5.41) is 3.29. The molecule has 0 aromatic carbocycles. The highest BCUT2D eigenvalue weighted by atomic mass is 15.0. The lowest BCUT2D eigenvalue weighted by molar-refractivity contribution is 0.623. The second-order valence-corrected chi connectivity index (χ2v) is 2.92. The molecule has 3 heteroatoms. The average molecular weight is 149 g/mol. The van der Waals surface area contributed by atoms with E-state index in [0.717, 1.165) is 17.9 Å². The summed E-state index contributed by atoms with van der Waals surface area (Å²) in [4.78, 5) is 4.25. The molecule has 1 unspecified atom stereocenters. The molecule has 1 aromatic rings. The Kier molecular flexibility index (Phi) is 1.32. The normalized spacial score (nSPS) is 21.7. The summed E-state index contributed by atoms with van der Waals surface area (Å²) in [5.74, 6) is 0. The van der Waals surface area contributed by atoms with E-state index >= 15 is 0 Å². The lowest BCUT2D eigenvalue weighted by Crippen LogP contribution is -2.07. The zero-order valence-electron chi connectivity index (χ0n) is 6.46. The van der Waals surface area contributed by atoms with Gasteiger partial charge in [0.25, 0.3) is 0 Å². The second-order valence-electron chi connectivity index (χ2n) is 2.92. The molecule has 0 bridgehead atoms. The van der Waals surface area contributed by atoms with E-state index in [1.807, 2.05) is 6.07 Å². The van der Waals surface area contributed by atoms with Gasteiger partial charge in [0, 0.05) is 12.6 Å². The number of hydrogen-bond acceptors (Lipinski definition) is 3. The van der Waals surface area contributed by atoms with E-state index in [2.05, 4.69) is 17.2 Å². The molecular weight excluding hydrogens is 138 g/mol. The van der Waals surface area contributed by atoms with Crippen molar-refractivity contribution in [2.75, 3.05) is 5.73 Å². The molecule has 1 aliphatic rings. The van der Waals surface area contributed by atoms with E-state index in [9.17, 15) is 0 Å². The van der Waals surface area contributed by atoms with Crippen LogP contribution in [-0.2, 0) is 6.54 Å². The smallest absolute Gasteiger partial charge is 0.0616 e. The lowest BCUT2D eigenvalue weighted by atomic mass is 10.2. The van der Waals surface area contributed by atoms with Crippen molar-refractivity contribution in [1.29, 1.82) is 0 Å². The highest BCUT2D eigenvalue weighted by Crippen LogP contribution is 2.23. The van der Waals surface area contributed by atoms with E-state index in [-0.39, 0.29) is 0 Å². The van der Waals surface area contributed by atoms with Gasteiger partial charge in [0.05, 0.1) is 17.6 Å². The Labute approximate surface area is 65.6 Å². The average Bonchev–Trinajstić information content (AvgIpc) is 2.32. The van der Waals surface area contributed by atoms with Crippen LogP contribution >= 0.6 is 0 Å². The summed E-state index contributed by atoms with van der Waals surface area (Å²) < 4.78 is 0. The maximum atomic E-state index is 5.59. The van der Waals surface area contributed by atoms with E-state index < -0.39 is 0 Å². The van der Waals surface area contributed by atoms with Gasteiger partial charge in [0.1, 0.15) is 0 Å². The Bertz CT molecular complexity index is 283. The first-order valence-electron chi connectivity index (χ1n) is 3.75. The van der Waals surface area contributed by atoms with Crippen molar-refractivity contribution < 1.29 is 0 Å². The number of fused-ring (bicyclic) bond motifs is 1. The zero-order chi connectivity index (χ0) is 7.84. The molecule has 0 saturated heterocycles. The molecule has 0 amide bonds. The summed E-state index contributed by atoms with van der Waals surface area (Å²) >= 11 is 0. The Morgan fingerprint density at radius 1 is 1.73 bits per heavy atom. The zero-order valence-corrected chi connectivity index (χ0v) is 6.46. The van der Waals surface area contributed by atoms with Crippen molar-refractivity contribution >= 4 is 5.69 Å². The third kappa shape index (κ3) is 0.973. The molecule has 1 aliphatic heterocycles. The SMILES string of the molecule is CC1NCc2cc(N)cnc21. The predicted molar refractivity (Wildman–Crippen MR) is 43.9 cm³/mol. The van der Waals surface area contributed by atoms with Crippen molar-refractivity contribution in [3.8, 4) is 0 Å². The number of rotatable bonds is 0. The molecule has 2 heterocycles. The number of nitrogen functional groups attached to an aromatic ring is 1. The number of nitrogens with two attached hydrogens (primary N) is 1. The van der Waals surface area contributed by atoms with Crippen molar-refractivity contribution in [1.82, 2.24) is 10.3 Å². The Balaban J connectivity index is 2.50. The van der Waals surface area contributed by atoms with Crippen LogP contribution in [0.15, 0.2) is 12.3 Å². The van der Waals surface area contributed by atoms with Crippen molar-refractivity contribution in [2.24, 2.45) is 0 Å². The predicted octanol–water partition coefficient (Wildman–Crippen LogP) is 0.828. The summed E-state index contributed by atoms with van der Waals surface area (Å²) in [6.45, 7) is 3.00. The first-order chi connectivity index (χ1) is 5.27. The van der Waals surface area contributed by atoms with Gasteiger partial charge in [-0.1, -0.05) is 0 Å². The highest BCUT2D eigenvalue weighted by Gasteiger charge is 2.18. The maximum Gasteiger partial charge on any atom is 0.0616 e. The minimum Gasteiger partial charge on any atom is -0.397 e. The topological polar surface area (TPSA) is 50.9 Å². The van der Waals surface area contributed by atoms with Gasteiger partial charge >= 0.3 is 0 Å². The van der Waals surface area contributed by atoms with E-state index in [1.54, 1.807) is 6.20 Å². The molecule has 2 rings (SSSR count). The van der Waals surface area contributed by atoms with Crippen LogP contribution in [0.25, 0.3) is 0 Å². The molecule has 3 nitrogen and oxygen atoms in total. The molecule has 58 valence electrons. The summed E-state index contributed by atoms with van der Waals surface area (Å²) in [7, 11) is 0. The van der Waals surface area contributed by atoms with Crippen LogP contribution in [0.5, 0.6) is 0 Å². The first-order valence-corrected chi connectivity index (χ1v) is 3.75. The minimum atomic E-state index is 0.380. The van der Waals surface area contributed by atoms with Gasteiger partial charge in [0.15, 0.2) is 0 Å². The van der Waals surface area contributed by atoms with Gasteiger partial charge < -0.3 is 11.1 Å². The number of hydrogen-bond donors (Lipinski definition) is 2. The fourth-order valence-corrected chi connectivity index (χ4v) is 1.43. The summed E-state index contributed by atoms with van der Waals surface area (Å²) in [5.41, 5.74) is 8.71. The second kappa shape index (κ2) is 2.20. The van der Waals surface area contributed by atoms with Crippen LogP contribution in [0.2, 0.25) is 0 Å². The maximum absolute atomic E-state index is 5.59. The lowest BCUT2D eigenvalue weighted by Gasteiger charge is -2.01. The van der Waals surface area contributed by atoms with Crippen LogP contribution in [0.4, 0.5) is 5.69 Å². The molecule has 0 saturated carbocycles. The van der Waals surface area contributed by atoms with Crippen LogP contribution in [-0.4, -0.2) is 4.98 Å². The third-order valence-corrected chi connectivity index (χ3v) is 2.03. The fourth-order valence-electron chi connectivity index (χ4n) is 1.43. The van der Waals surface area contributed by atoms with Gasteiger partial charge in [-0.3, -0.25) is 4.98 Å². The number of pyridine rings is 1. The van der Waals surface area contributed by atoms with Gasteiger partial charge in [-0.15, -0.1) is 0 Å². The molecule has 1 aromatic heterocycles. The Morgan fingerprint density at radius 3 is 3.36 bits per heavy atom. The minimum absolute atomic E-state index is 0.380. The van der Waals surface area contributed by atoms with Crippen molar-refractivity contribution in [3.63, 3.8) is 0 Å². The van der Waals surface area contributed by atoms with E-state index in [1.165, 1.54) is 5.56 Å². The standard InChI is InChI=1S/C8H11N3/c1-5-8-6(3-10-5)2-7(9)4-11-8/h2,4-5,10H,3,9H2,1H3. The number of anilines is 1. The Hall–Kier alpha value is -1.09. The third-order valence-electron chi connectivity index (χ3n) is 2.03.